The van der Waals surface area contributed by atoms with Gasteiger partial charge in [-0.25, -0.2) is 4.98 Å². The Morgan fingerprint density at radius 1 is 1.32 bits per heavy atom. The van der Waals surface area contributed by atoms with Crippen molar-refractivity contribution in [3.8, 4) is 0 Å². The lowest BCUT2D eigenvalue weighted by atomic mass is 10.2. The highest BCUT2D eigenvalue weighted by Gasteiger charge is 2.23. The van der Waals surface area contributed by atoms with Gasteiger partial charge in [-0.05, 0) is 17.9 Å². The molecule has 0 radical (unpaired) electrons. The smallest absolute Gasteiger partial charge is 0.191 e. The van der Waals surface area contributed by atoms with Crippen LogP contribution < -0.4 is 10.6 Å². The Hall–Kier alpha value is -0.400. The molecule has 10 heteroatoms. The maximum absolute atomic E-state index is 5.52. The van der Waals surface area contributed by atoms with Gasteiger partial charge in [-0.1, -0.05) is 17.8 Å². The van der Waals surface area contributed by atoms with Crippen LogP contribution in [-0.4, -0.2) is 68.0 Å². The molecule has 1 saturated heterocycles. The minimum atomic E-state index is 0. The highest BCUT2D eigenvalue weighted by Crippen LogP contribution is 2.25. The van der Waals surface area contributed by atoms with E-state index in [1.807, 2.05) is 41.7 Å². The number of thiophene rings is 1. The van der Waals surface area contributed by atoms with E-state index in [4.69, 9.17) is 4.74 Å². The number of hydrogen-bond acceptors (Lipinski definition) is 7. The summed E-state index contributed by atoms with van der Waals surface area (Å²) in [7, 11) is 1.83. The van der Waals surface area contributed by atoms with Crippen LogP contribution in [0.3, 0.4) is 0 Å². The third-order valence-electron chi connectivity index (χ3n) is 4.29. The third kappa shape index (κ3) is 7.79. The standard InChI is InChI=1S/C18H27N5OS3.HI/c1-19-17(20-5-3-12-26-18-21-6-13-27-18)22-14-15(16-4-2-11-25-16)23-7-9-24-10-8-23;/h2,4,6,11,13,15H,3,5,7-10,12,14H2,1H3,(H2,19,20,22);1H. The molecule has 3 rings (SSSR count). The minimum Gasteiger partial charge on any atom is -0.379 e. The summed E-state index contributed by atoms with van der Waals surface area (Å²) in [6, 6.07) is 4.70. The van der Waals surface area contributed by atoms with Crippen molar-refractivity contribution in [1.82, 2.24) is 20.5 Å². The Morgan fingerprint density at radius 3 is 2.86 bits per heavy atom. The van der Waals surface area contributed by atoms with E-state index in [1.54, 1.807) is 11.3 Å². The van der Waals surface area contributed by atoms with Crippen molar-refractivity contribution >= 4 is 64.4 Å². The van der Waals surface area contributed by atoms with Gasteiger partial charge in [-0.2, -0.15) is 0 Å². The summed E-state index contributed by atoms with van der Waals surface area (Å²) < 4.78 is 6.66. The van der Waals surface area contributed by atoms with E-state index in [0.29, 0.717) is 6.04 Å². The largest absolute Gasteiger partial charge is 0.379 e. The predicted molar refractivity (Wildman–Crippen MR) is 132 cm³/mol. The molecule has 2 aromatic rings. The zero-order valence-electron chi connectivity index (χ0n) is 16.0. The van der Waals surface area contributed by atoms with Gasteiger partial charge < -0.3 is 15.4 Å². The van der Waals surface area contributed by atoms with Crippen molar-refractivity contribution in [2.45, 2.75) is 16.8 Å². The Kier molecular flexibility index (Phi) is 11.7. The first-order valence-corrected chi connectivity index (χ1v) is 11.9. The molecule has 0 spiro atoms. The second-order valence-electron chi connectivity index (χ2n) is 6.06. The number of rotatable bonds is 9. The van der Waals surface area contributed by atoms with Crippen LogP contribution in [0.2, 0.25) is 0 Å². The fraction of sp³-hybridized carbons (Fsp3) is 0.556. The molecule has 0 bridgehead atoms. The quantitative estimate of drug-likeness (QED) is 0.163. The lowest BCUT2D eigenvalue weighted by molar-refractivity contribution is 0.0177. The van der Waals surface area contributed by atoms with Crippen LogP contribution in [0.15, 0.2) is 38.4 Å². The Balaban J connectivity index is 0.00000280. The minimum absolute atomic E-state index is 0. The van der Waals surface area contributed by atoms with Crippen molar-refractivity contribution in [3.05, 3.63) is 34.0 Å². The maximum Gasteiger partial charge on any atom is 0.191 e. The summed E-state index contributed by atoms with van der Waals surface area (Å²) in [5, 5.41) is 11.1. The SMILES string of the molecule is CN=C(NCCCSc1nccs1)NCC(c1cccs1)N1CCOCC1.I. The van der Waals surface area contributed by atoms with E-state index in [-0.39, 0.29) is 24.0 Å². The van der Waals surface area contributed by atoms with Gasteiger partial charge in [-0.15, -0.1) is 46.7 Å². The highest BCUT2D eigenvalue weighted by molar-refractivity contribution is 14.0. The van der Waals surface area contributed by atoms with Gasteiger partial charge in [0.05, 0.1) is 19.3 Å². The molecule has 0 aromatic carbocycles. The number of nitrogens with zero attached hydrogens (tertiary/aromatic N) is 3. The molecule has 6 nitrogen and oxygen atoms in total. The van der Waals surface area contributed by atoms with Crippen LogP contribution >= 0.6 is 58.4 Å². The lowest BCUT2D eigenvalue weighted by Crippen LogP contribution is -2.46. The molecule has 1 unspecified atom stereocenters. The van der Waals surface area contributed by atoms with Crippen molar-refractivity contribution in [2.24, 2.45) is 4.99 Å². The van der Waals surface area contributed by atoms with Crippen molar-refractivity contribution in [2.75, 3.05) is 52.2 Å². The molecule has 1 atom stereocenters. The highest BCUT2D eigenvalue weighted by atomic mass is 127. The Labute approximate surface area is 196 Å². The van der Waals surface area contributed by atoms with Crippen LogP contribution in [0.1, 0.15) is 17.3 Å². The number of aliphatic imine (C=N–C) groups is 1. The van der Waals surface area contributed by atoms with Crippen molar-refractivity contribution in [1.29, 1.82) is 0 Å². The predicted octanol–water partition coefficient (Wildman–Crippen LogP) is 3.54. The molecule has 3 heterocycles. The zero-order chi connectivity index (χ0) is 18.7. The molecule has 1 aliphatic rings. The van der Waals surface area contributed by atoms with E-state index in [1.165, 1.54) is 4.88 Å². The Morgan fingerprint density at radius 2 is 2.18 bits per heavy atom. The third-order valence-corrected chi connectivity index (χ3v) is 7.32. The van der Waals surface area contributed by atoms with Gasteiger partial charge in [0.25, 0.3) is 0 Å². The first-order valence-electron chi connectivity index (χ1n) is 9.19. The van der Waals surface area contributed by atoms with Crippen LogP contribution in [0.25, 0.3) is 0 Å². The molecule has 28 heavy (non-hydrogen) atoms. The molecule has 156 valence electrons. The monoisotopic (exact) mass is 553 g/mol. The van der Waals surface area contributed by atoms with Gasteiger partial charge in [0, 0.05) is 55.4 Å². The summed E-state index contributed by atoms with van der Waals surface area (Å²) in [4.78, 5) is 12.6. The molecule has 2 N–H and O–H groups in total. The van der Waals surface area contributed by atoms with Crippen LogP contribution in [-0.2, 0) is 4.74 Å². The number of thiazole rings is 1. The van der Waals surface area contributed by atoms with Crippen LogP contribution in [0.5, 0.6) is 0 Å². The molecular formula is C18H28IN5OS3. The summed E-state index contributed by atoms with van der Waals surface area (Å²) >= 11 is 5.33. The van der Waals surface area contributed by atoms with Gasteiger partial charge >= 0.3 is 0 Å². The van der Waals surface area contributed by atoms with E-state index in [2.05, 4.69) is 43.0 Å². The second kappa shape index (κ2) is 13.8. The molecule has 2 aromatic heterocycles. The fourth-order valence-corrected chi connectivity index (χ4v) is 5.42. The number of morpholine rings is 1. The summed E-state index contributed by atoms with van der Waals surface area (Å²) in [6.45, 7) is 5.32. The van der Waals surface area contributed by atoms with Crippen LogP contribution in [0.4, 0.5) is 0 Å². The lowest BCUT2D eigenvalue weighted by Gasteiger charge is -2.34. The second-order valence-corrected chi connectivity index (χ2v) is 9.28. The first-order chi connectivity index (χ1) is 13.4. The first kappa shape index (κ1) is 23.9. The molecule has 1 aliphatic heterocycles. The number of aromatic nitrogens is 1. The summed E-state index contributed by atoms with van der Waals surface area (Å²) in [6.07, 6.45) is 2.93. The maximum atomic E-state index is 5.52. The molecule has 0 amide bonds. The van der Waals surface area contributed by atoms with E-state index in [9.17, 15) is 0 Å². The van der Waals surface area contributed by atoms with Gasteiger partial charge in [-0.3, -0.25) is 9.89 Å². The van der Waals surface area contributed by atoms with E-state index >= 15 is 0 Å². The topological polar surface area (TPSA) is 61.8 Å². The normalized spacial score (nSPS) is 16.4. The van der Waals surface area contributed by atoms with Gasteiger partial charge in [0.15, 0.2) is 5.96 Å². The van der Waals surface area contributed by atoms with Crippen molar-refractivity contribution in [3.63, 3.8) is 0 Å². The summed E-state index contributed by atoms with van der Waals surface area (Å²) in [5.41, 5.74) is 0. The summed E-state index contributed by atoms with van der Waals surface area (Å²) in [5.74, 6) is 1.92. The average molecular weight is 554 g/mol. The number of halogens is 1. The number of nitrogens with one attached hydrogen (secondary N) is 2. The van der Waals surface area contributed by atoms with Crippen molar-refractivity contribution < 1.29 is 4.74 Å². The molecule has 1 fully saturated rings. The fourth-order valence-electron chi connectivity index (χ4n) is 2.91. The number of thioether (sulfide) groups is 1. The Bertz CT molecular complexity index is 663. The molecular weight excluding hydrogens is 525 g/mol. The average Bonchev–Trinajstić information content (AvgIpc) is 3.41. The van der Waals surface area contributed by atoms with Gasteiger partial charge in [0.1, 0.15) is 4.34 Å². The van der Waals surface area contributed by atoms with Gasteiger partial charge in [0.2, 0.25) is 0 Å². The zero-order valence-corrected chi connectivity index (χ0v) is 20.8. The number of guanidine groups is 1. The van der Waals surface area contributed by atoms with E-state index < -0.39 is 0 Å². The molecule has 0 saturated carbocycles. The number of hydrogen-bond donors (Lipinski definition) is 2. The van der Waals surface area contributed by atoms with Crippen LogP contribution in [0, 0.1) is 0 Å². The molecule has 0 aliphatic carbocycles. The number of ether oxygens (including phenoxy) is 1. The van der Waals surface area contributed by atoms with E-state index in [0.717, 1.165) is 61.9 Å².